The van der Waals surface area contributed by atoms with Crippen LogP contribution >= 0.6 is 11.8 Å². The van der Waals surface area contributed by atoms with E-state index in [0.29, 0.717) is 5.75 Å². The first-order valence-corrected chi connectivity index (χ1v) is 7.90. The first kappa shape index (κ1) is 14.6. The molecule has 0 aliphatic carbocycles. The summed E-state index contributed by atoms with van der Waals surface area (Å²) in [5.41, 5.74) is 0.831. The van der Waals surface area contributed by atoms with Crippen LogP contribution in [-0.4, -0.2) is 26.4 Å². The Morgan fingerprint density at radius 2 is 1.95 bits per heavy atom. The second-order valence-corrected chi connectivity index (χ2v) is 5.89. The second-order valence-electron chi connectivity index (χ2n) is 4.95. The highest BCUT2D eigenvalue weighted by Gasteiger charge is 2.10. The lowest BCUT2D eigenvalue weighted by Gasteiger charge is -2.08. The lowest BCUT2D eigenvalue weighted by molar-refractivity contribution is -0.113. The van der Waals surface area contributed by atoms with Crippen molar-refractivity contribution in [2.45, 2.75) is 12.1 Å². The molecular formula is C16H16N4OS. The third-order valence-electron chi connectivity index (χ3n) is 3.45. The molecule has 0 spiro atoms. The maximum atomic E-state index is 12.2. The molecule has 6 heteroatoms. The van der Waals surface area contributed by atoms with Crippen LogP contribution < -0.4 is 5.32 Å². The number of aromatic nitrogens is 3. The fourth-order valence-electron chi connectivity index (χ4n) is 2.16. The van der Waals surface area contributed by atoms with Crippen molar-refractivity contribution in [1.29, 1.82) is 0 Å². The number of hydrogen-bond acceptors (Lipinski definition) is 4. The maximum absolute atomic E-state index is 12.2. The normalized spacial score (nSPS) is 10.8. The Labute approximate surface area is 132 Å². The van der Waals surface area contributed by atoms with Crippen molar-refractivity contribution in [2.24, 2.45) is 7.05 Å². The van der Waals surface area contributed by atoms with Crippen molar-refractivity contribution < 1.29 is 4.79 Å². The van der Waals surface area contributed by atoms with Gasteiger partial charge in [-0.2, -0.15) is 0 Å². The van der Waals surface area contributed by atoms with Gasteiger partial charge in [0.2, 0.25) is 5.91 Å². The van der Waals surface area contributed by atoms with Gasteiger partial charge >= 0.3 is 0 Å². The van der Waals surface area contributed by atoms with Gasteiger partial charge in [-0.3, -0.25) is 4.79 Å². The van der Waals surface area contributed by atoms with E-state index in [1.165, 1.54) is 11.8 Å². The Hall–Kier alpha value is -2.34. The van der Waals surface area contributed by atoms with Crippen molar-refractivity contribution >= 4 is 34.1 Å². The molecule has 3 rings (SSSR count). The molecule has 0 saturated heterocycles. The summed E-state index contributed by atoms with van der Waals surface area (Å²) in [6.07, 6.45) is 0. The predicted molar refractivity (Wildman–Crippen MR) is 89.0 cm³/mol. The van der Waals surface area contributed by atoms with Crippen LogP contribution in [0.2, 0.25) is 0 Å². The Balaban J connectivity index is 1.70. The average Bonchev–Trinajstić information content (AvgIpc) is 2.85. The van der Waals surface area contributed by atoms with E-state index in [0.717, 1.165) is 27.4 Å². The zero-order chi connectivity index (χ0) is 15.5. The lowest BCUT2D eigenvalue weighted by Crippen LogP contribution is -2.14. The number of fused-ring (bicyclic) bond motifs is 1. The number of anilines is 1. The van der Waals surface area contributed by atoms with E-state index in [9.17, 15) is 4.79 Å². The van der Waals surface area contributed by atoms with Gasteiger partial charge in [-0.05, 0) is 18.4 Å². The minimum absolute atomic E-state index is 0.0537. The molecule has 1 heterocycles. The van der Waals surface area contributed by atoms with Gasteiger partial charge in [0.1, 0.15) is 5.82 Å². The molecule has 1 N–H and O–H groups in total. The van der Waals surface area contributed by atoms with Crippen LogP contribution in [0.1, 0.15) is 5.82 Å². The molecule has 0 aliphatic rings. The predicted octanol–water partition coefficient (Wildman–Crippen LogP) is 3.01. The third-order valence-corrected chi connectivity index (χ3v) is 4.47. The van der Waals surface area contributed by atoms with Crippen molar-refractivity contribution in [3.63, 3.8) is 0 Å². The largest absolute Gasteiger partial charge is 0.325 e. The molecule has 112 valence electrons. The number of hydrogen-bond donors (Lipinski definition) is 1. The van der Waals surface area contributed by atoms with Crippen LogP contribution in [0.4, 0.5) is 5.69 Å². The second kappa shape index (κ2) is 6.19. The number of thioether (sulfide) groups is 1. The summed E-state index contributed by atoms with van der Waals surface area (Å²) < 4.78 is 1.87. The van der Waals surface area contributed by atoms with Crippen LogP contribution in [0.3, 0.4) is 0 Å². The summed E-state index contributed by atoms with van der Waals surface area (Å²) >= 11 is 1.38. The summed E-state index contributed by atoms with van der Waals surface area (Å²) in [7, 11) is 1.89. The van der Waals surface area contributed by atoms with Crippen LogP contribution in [0.5, 0.6) is 0 Å². The highest BCUT2D eigenvalue weighted by atomic mass is 32.2. The first-order valence-electron chi connectivity index (χ1n) is 6.91. The lowest BCUT2D eigenvalue weighted by atomic mass is 10.1. The van der Waals surface area contributed by atoms with E-state index in [1.54, 1.807) is 0 Å². The summed E-state index contributed by atoms with van der Waals surface area (Å²) in [4.78, 5) is 12.2. The number of benzene rings is 2. The quantitative estimate of drug-likeness (QED) is 0.752. The number of nitrogens with zero attached hydrogens (tertiary/aromatic N) is 3. The van der Waals surface area contributed by atoms with E-state index in [2.05, 4.69) is 15.5 Å². The van der Waals surface area contributed by atoms with Crippen molar-refractivity contribution in [3.05, 3.63) is 48.3 Å². The molecular weight excluding hydrogens is 296 g/mol. The molecule has 22 heavy (non-hydrogen) atoms. The number of carbonyl (C=O) groups is 1. The topological polar surface area (TPSA) is 59.8 Å². The van der Waals surface area contributed by atoms with Crippen LogP contribution in [0.25, 0.3) is 10.8 Å². The zero-order valence-electron chi connectivity index (χ0n) is 12.4. The van der Waals surface area contributed by atoms with Crippen molar-refractivity contribution in [3.8, 4) is 0 Å². The fraction of sp³-hybridized carbons (Fsp3) is 0.188. The van der Waals surface area contributed by atoms with Crippen LogP contribution in [-0.2, 0) is 11.8 Å². The Morgan fingerprint density at radius 1 is 1.18 bits per heavy atom. The van der Waals surface area contributed by atoms with Crippen LogP contribution in [0, 0.1) is 6.92 Å². The van der Waals surface area contributed by atoms with Crippen molar-refractivity contribution in [1.82, 2.24) is 14.8 Å². The Bertz CT molecular complexity index is 823. The highest BCUT2D eigenvalue weighted by molar-refractivity contribution is 7.99. The van der Waals surface area contributed by atoms with E-state index in [1.807, 2.05) is 61.0 Å². The summed E-state index contributed by atoms with van der Waals surface area (Å²) in [5.74, 6) is 1.08. The fourth-order valence-corrected chi connectivity index (χ4v) is 2.92. The summed E-state index contributed by atoms with van der Waals surface area (Å²) in [6.45, 7) is 1.88. The van der Waals surface area contributed by atoms with Gasteiger partial charge in [-0.1, -0.05) is 48.2 Å². The molecule has 0 saturated carbocycles. The number of amides is 1. The number of carbonyl (C=O) groups excluding carboxylic acids is 1. The minimum Gasteiger partial charge on any atom is -0.325 e. The average molecular weight is 312 g/mol. The molecule has 1 amide bonds. The molecule has 0 unspecified atom stereocenters. The van der Waals surface area contributed by atoms with E-state index < -0.39 is 0 Å². The minimum atomic E-state index is -0.0537. The third kappa shape index (κ3) is 2.96. The number of nitrogens with one attached hydrogen (secondary N) is 1. The van der Waals surface area contributed by atoms with E-state index >= 15 is 0 Å². The number of rotatable bonds is 4. The Morgan fingerprint density at radius 3 is 2.73 bits per heavy atom. The van der Waals surface area contributed by atoms with Crippen molar-refractivity contribution in [2.75, 3.05) is 11.1 Å². The molecule has 0 fully saturated rings. The van der Waals surface area contributed by atoms with Gasteiger partial charge < -0.3 is 9.88 Å². The molecule has 0 bridgehead atoms. The molecule has 0 aliphatic heterocycles. The van der Waals surface area contributed by atoms with Gasteiger partial charge in [0, 0.05) is 18.1 Å². The van der Waals surface area contributed by atoms with Gasteiger partial charge in [-0.15, -0.1) is 10.2 Å². The smallest absolute Gasteiger partial charge is 0.234 e. The molecule has 1 aromatic heterocycles. The van der Waals surface area contributed by atoms with E-state index in [4.69, 9.17) is 0 Å². The highest BCUT2D eigenvalue weighted by Crippen LogP contribution is 2.23. The SMILES string of the molecule is Cc1nnc(SCC(=O)Nc2cccc3ccccc23)n1C. The number of aryl methyl sites for hydroxylation is 1. The van der Waals surface area contributed by atoms with Crippen LogP contribution in [0.15, 0.2) is 47.6 Å². The van der Waals surface area contributed by atoms with Gasteiger partial charge in [-0.25, -0.2) is 0 Å². The summed E-state index contributed by atoms with van der Waals surface area (Å²) in [5, 5.41) is 13.9. The monoisotopic (exact) mass is 312 g/mol. The van der Waals surface area contributed by atoms with Gasteiger partial charge in [0.25, 0.3) is 0 Å². The standard InChI is InChI=1S/C16H16N4OS/c1-11-18-19-16(20(11)2)22-10-15(21)17-14-9-5-7-12-6-3-4-8-13(12)14/h3-9H,10H2,1-2H3,(H,17,21). The molecule has 5 nitrogen and oxygen atoms in total. The van der Waals surface area contributed by atoms with E-state index in [-0.39, 0.29) is 5.91 Å². The molecule has 3 aromatic rings. The molecule has 2 aromatic carbocycles. The molecule has 0 atom stereocenters. The zero-order valence-corrected chi connectivity index (χ0v) is 13.2. The van der Waals surface area contributed by atoms with Gasteiger partial charge in [0.05, 0.1) is 5.75 Å². The summed E-state index contributed by atoms with van der Waals surface area (Å²) in [6, 6.07) is 13.9. The maximum Gasteiger partial charge on any atom is 0.234 e. The van der Waals surface area contributed by atoms with Gasteiger partial charge in [0.15, 0.2) is 5.16 Å². The Kier molecular flexibility index (Phi) is 4.11. The first-order chi connectivity index (χ1) is 10.6. The molecule has 0 radical (unpaired) electrons.